The molecule has 3 amide bonds. The Balaban J connectivity index is 1.66. The summed E-state index contributed by atoms with van der Waals surface area (Å²) in [6.45, 7) is 5.02. The predicted molar refractivity (Wildman–Crippen MR) is 108 cm³/mol. The van der Waals surface area contributed by atoms with Gasteiger partial charge in [-0.3, -0.25) is 9.59 Å². The van der Waals surface area contributed by atoms with Gasteiger partial charge in [-0.05, 0) is 59.3 Å². The fraction of sp³-hybridized carbons (Fsp3) is 0.810. The normalized spacial score (nSPS) is 24.5. The van der Waals surface area contributed by atoms with Crippen molar-refractivity contribution in [1.82, 2.24) is 16.0 Å². The first-order valence-corrected chi connectivity index (χ1v) is 10.7. The summed E-state index contributed by atoms with van der Waals surface area (Å²) in [6, 6.07) is -2.30. The third-order valence-electron chi connectivity index (χ3n) is 5.94. The largest absolute Gasteiger partial charge is 0.467 e. The summed E-state index contributed by atoms with van der Waals surface area (Å²) in [5.41, 5.74) is -2.48. The van der Waals surface area contributed by atoms with Gasteiger partial charge in [0.2, 0.25) is 11.8 Å². The van der Waals surface area contributed by atoms with Crippen LogP contribution in [0.1, 0.15) is 65.7 Å². The van der Waals surface area contributed by atoms with Crippen molar-refractivity contribution < 1.29 is 33.0 Å². The summed E-state index contributed by atoms with van der Waals surface area (Å²) in [4.78, 5) is 49.7. The van der Waals surface area contributed by atoms with Crippen LogP contribution in [-0.2, 0) is 23.9 Å². The van der Waals surface area contributed by atoms with E-state index in [-0.39, 0.29) is 24.3 Å². The molecule has 3 fully saturated rings. The van der Waals surface area contributed by atoms with E-state index in [4.69, 9.17) is 9.47 Å². The van der Waals surface area contributed by atoms with Crippen molar-refractivity contribution in [2.45, 2.75) is 94.6 Å². The molecular weight excluding hydrogens is 409 g/mol. The molecule has 0 aromatic rings. The molecule has 1 heterocycles. The molecule has 10 heteroatoms. The monoisotopic (exact) mass is 441 g/mol. The van der Waals surface area contributed by atoms with Crippen LogP contribution in [0, 0.1) is 5.92 Å². The quantitative estimate of drug-likeness (QED) is 0.491. The van der Waals surface area contributed by atoms with Gasteiger partial charge in [-0.2, -0.15) is 0 Å². The Morgan fingerprint density at radius 1 is 1.16 bits per heavy atom. The molecule has 1 aliphatic heterocycles. The molecule has 174 valence electrons. The Kier molecular flexibility index (Phi) is 6.21. The first-order chi connectivity index (χ1) is 14.3. The molecule has 0 unspecified atom stereocenters. The molecule has 1 saturated heterocycles. The Morgan fingerprint density at radius 3 is 2.29 bits per heavy atom. The fourth-order valence-electron chi connectivity index (χ4n) is 3.93. The first-order valence-electron chi connectivity index (χ1n) is 10.7. The highest BCUT2D eigenvalue weighted by Gasteiger charge is 2.53. The van der Waals surface area contributed by atoms with Gasteiger partial charge in [-0.15, -0.1) is 0 Å². The van der Waals surface area contributed by atoms with Gasteiger partial charge in [-0.25, -0.2) is 14.0 Å². The maximum Gasteiger partial charge on any atom is 0.408 e. The van der Waals surface area contributed by atoms with Crippen molar-refractivity contribution in [3.05, 3.63) is 0 Å². The molecule has 1 spiro atoms. The van der Waals surface area contributed by atoms with Crippen molar-refractivity contribution in [3.63, 3.8) is 0 Å². The summed E-state index contributed by atoms with van der Waals surface area (Å²) in [5.74, 6) is -2.00. The molecule has 9 nitrogen and oxygen atoms in total. The molecule has 3 N–H and O–H groups in total. The van der Waals surface area contributed by atoms with Gasteiger partial charge in [0.15, 0.2) is 0 Å². The lowest BCUT2D eigenvalue weighted by atomic mass is 9.95. The van der Waals surface area contributed by atoms with Crippen LogP contribution in [0.4, 0.5) is 9.18 Å². The molecule has 0 aromatic carbocycles. The van der Waals surface area contributed by atoms with Crippen LogP contribution in [0.3, 0.4) is 0 Å². The van der Waals surface area contributed by atoms with Gasteiger partial charge in [0, 0.05) is 17.9 Å². The Hall–Kier alpha value is -2.39. The van der Waals surface area contributed by atoms with Crippen molar-refractivity contribution in [2.75, 3.05) is 7.11 Å². The number of ether oxygens (including phenoxy) is 2. The van der Waals surface area contributed by atoms with E-state index in [0.29, 0.717) is 19.3 Å². The second-order valence-electron chi connectivity index (χ2n) is 10.0. The molecule has 2 aliphatic carbocycles. The van der Waals surface area contributed by atoms with Crippen LogP contribution in [0.25, 0.3) is 0 Å². The maximum absolute atomic E-state index is 14.4. The van der Waals surface area contributed by atoms with Crippen molar-refractivity contribution >= 4 is 23.9 Å². The lowest BCUT2D eigenvalue weighted by Gasteiger charge is -2.26. The standard InChI is InChI=1S/C21H32FN3O6/c1-19(2,3)31-18(29)24-14(11-20(22)5-6-20)16(27)23-13(17(28)30-4)9-12-10-21(7-8-21)25-15(12)26/h12-14H,5-11H2,1-4H3,(H,23,27)(H,24,29)(H,25,26)/t12-,13+,14+/m1/s1. The van der Waals surface area contributed by atoms with Crippen LogP contribution < -0.4 is 16.0 Å². The molecule has 0 aromatic heterocycles. The topological polar surface area (TPSA) is 123 Å². The third kappa shape index (κ3) is 6.30. The molecule has 3 aliphatic rings. The van der Waals surface area contributed by atoms with Gasteiger partial charge < -0.3 is 25.4 Å². The zero-order valence-electron chi connectivity index (χ0n) is 18.5. The van der Waals surface area contributed by atoms with E-state index in [0.717, 1.165) is 12.8 Å². The summed E-state index contributed by atoms with van der Waals surface area (Å²) in [5, 5.41) is 7.92. The number of carbonyl (C=O) groups is 4. The van der Waals surface area contributed by atoms with E-state index in [1.807, 2.05) is 0 Å². The highest BCUT2D eigenvalue weighted by Crippen LogP contribution is 2.46. The van der Waals surface area contributed by atoms with Crippen LogP contribution in [0.5, 0.6) is 0 Å². The lowest BCUT2D eigenvalue weighted by molar-refractivity contribution is -0.146. The second-order valence-corrected chi connectivity index (χ2v) is 10.0. The average Bonchev–Trinajstić information content (AvgIpc) is 3.54. The number of rotatable bonds is 8. The van der Waals surface area contributed by atoms with Crippen molar-refractivity contribution in [2.24, 2.45) is 5.92 Å². The maximum atomic E-state index is 14.4. The van der Waals surface area contributed by atoms with E-state index in [2.05, 4.69) is 16.0 Å². The summed E-state index contributed by atoms with van der Waals surface area (Å²) >= 11 is 0. The smallest absolute Gasteiger partial charge is 0.408 e. The number of hydrogen-bond donors (Lipinski definition) is 3. The van der Waals surface area contributed by atoms with Gasteiger partial charge >= 0.3 is 12.1 Å². The number of methoxy groups -OCH3 is 1. The Bertz CT molecular complexity index is 757. The van der Waals surface area contributed by atoms with Crippen molar-refractivity contribution in [1.29, 1.82) is 0 Å². The van der Waals surface area contributed by atoms with Gasteiger partial charge in [0.05, 0.1) is 7.11 Å². The summed E-state index contributed by atoms with van der Waals surface area (Å²) < 4.78 is 24.4. The average molecular weight is 442 g/mol. The van der Waals surface area contributed by atoms with Crippen LogP contribution >= 0.6 is 0 Å². The molecule has 31 heavy (non-hydrogen) atoms. The third-order valence-corrected chi connectivity index (χ3v) is 5.94. The molecule has 3 atom stereocenters. The fourth-order valence-corrected chi connectivity index (χ4v) is 3.93. The molecule has 0 bridgehead atoms. The highest BCUT2D eigenvalue weighted by atomic mass is 19.1. The zero-order valence-corrected chi connectivity index (χ0v) is 18.5. The van der Waals surface area contributed by atoms with Gasteiger partial charge in [-0.1, -0.05) is 0 Å². The highest BCUT2D eigenvalue weighted by molar-refractivity contribution is 5.90. The number of alkyl halides is 1. The lowest BCUT2D eigenvalue weighted by Crippen LogP contribution is -2.54. The number of nitrogens with one attached hydrogen (secondary N) is 3. The number of carbonyl (C=O) groups excluding carboxylic acids is 4. The molecule has 0 radical (unpaired) electrons. The van der Waals surface area contributed by atoms with Crippen LogP contribution in [0.2, 0.25) is 0 Å². The second kappa shape index (κ2) is 8.27. The van der Waals surface area contributed by atoms with Crippen molar-refractivity contribution in [3.8, 4) is 0 Å². The Morgan fingerprint density at radius 2 is 1.81 bits per heavy atom. The number of amides is 3. The van der Waals surface area contributed by atoms with E-state index < -0.39 is 47.2 Å². The van der Waals surface area contributed by atoms with E-state index in [1.54, 1.807) is 20.8 Å². The minimum absolute atomic E-state index is 0.0753. The zero-order chi connectivity index (χ0) is 23.0. The van der Waals surface area contributed by atoms with Gasteiger partial charge in [0.25, 0.3) is 0 Å². The van der Waals surface area contributed by atoms with Gasteiger partial charge in [0.1, 0.15) is 23.4 Å². The predicted octanol–water partition coefficient (Wildman–Crippen LogP) is 1.49. The number of halogens is 1. The number of hydrogen-bond acceptors (Lipinski definition) is 6. The minimum Gasteiger partial charge on any atom is -0.467 e. The SMILES string of the molecule is COC(=O)[C@H](C[C@@H]1CC2(CC2)NC1=O)NC(=O)[C@H](CC1(F)CC1)NC(=O)OC(C)(C)C. The first kappa shape index (κ1) is 23.3. The number of esters is 1. The summed E-state index contributed by atoms with van der Waals surface area (Å²) in [6.07, 6.45) is 2.02. The van der Waals surface area contributed by atoms with E-state index >= 15 is 0 Å². The Labute approximate surface area is 181 Å². The van der Waals surface area contributed by atoms with Crippen LogP contribution in [0.15, 0.2) is 0 Å². The minimum atomic E-state index is -1.53. The van der Waals surface area contributed by atoms with E-state index in [1.165, 1.54) is 7.11 Å². The van der Waals surface area contributed by atoms with E-state index in [9.17, 15) is 23.6 Å². The number of alkyl carbamates (subject to hydrolysis) is 1. The molecule has 2 saturated carbocycles. The molecular formula is C21H32FN3O6. The summed E-state index contributed by atoms with van der Waals surface area (Å²) in [7, 11) is 1.19. The van der Waals surface area contributed by atoms with Crippen LogP contribution in [-0.4, -0.2) is 59.9 Å². The molecule has 3 rings (SSSR count).